The van der Waals surface area contributed by atoms with Crippen LogP contribution in [-0.2, 0) is 9.59 Å². The quantitative estimate of drug-likeness (QED) is 0.647. The van der Waals surface area contributed by atoms with Gasteiger partial charge >= 0.3 is 0 Å². The van der Waals surface area contributed by atoms with Gasteiger partial charge in [-0.05, 0) is 38.0 Å². The normalized spacial score (nSPS) is 20.1. The van der Waals surface area contributed by atoms with Crippen molar-refractivity contribution >= 4 is 11.6 Å². The van der Waals surface area contributed by atoms with Crippen molar-refractivity contribution in [2.75, 3.05) is 6.61 Å². The van der Waals surface area contributed by atoms with Gasteiger partial charge in [0.25, 0.3) is 0 Å². The van der Waals surface area contributed by atoms with Gasteiger partial charge in [0, 0.05) is 5.57 Å². The van der Waals surface area contributed by atoms with Crippen LogP contribution < -0.4 is 0 Å². The average Bonchev–Trinajstić information content (AvgIpc) is 2.20. The third-order valence-corrected chi connectivity index (χ3v) is 2.31. The zero-order valence-corrected chi connectivity index (χ0v) is 8.56. The van der Waals surface area contributed by atoms with Crippen LogP contribution >= 0.6 is 0 Å². The van der Waals surface area contributed by atoms with E-state index in [-0.39, 0.29) is 24.6 Å². The maximum atomic E-state index is 11.3. The molecular formula is C11H14O4. The van der Waals surface area contributed by atoms with Crippen molar-refractivity contribution in [1.82, 2.24) is 0 Å². The minimum Gasteiger partial charge on any atom is -0.393 e. The van der Waals surface area contributed by atoms with Gasteiger partial charge < -0.3 is 10.2 Å². The van der Waals surface area contributed by atoms with Gasteiger partial charge in [0.15, 0.2) is 11.6 Å². The monoisotopic (exact) mass is 210 g/mol. The fraction of sp³-hybridized carbons (Fsp3) is 0.455. The van der Waals surface area contributed by atoms with E-state index < -0.39 is 5.60 Å². The number of carbonyl (C=O) groups is 2. The first-order valence-corrected chi connectivity index (χ1v) is 4.75. The summed E-state index contributed by atoms with van der Waals surface area (Å²) < 4.78 is 0. The number of allylic oxidation sites excluding steroid dienone is 4. The van der Waals surface area contributed by atoms with E-state index in [0.29, 0.717) is 12.0 Å². The molecule has 82 valence electrons. The minimum atomic E-state index is -1.20. The third-order valence-electron chi connectivity index (χ3n) is 2.31. The molecule has 15 heavy (non-hydrogen) atoms. The Bertz CT molecular complexity index is 336. The Morgan fingerprint density at radius 2 is 2.00 bits per heavy atom. The van der Waals surface area contributed by atoms with Crippen LogP contribution in [0.5, 0.6) is 0 Å². The standard InChI is InChI=1S/C11H14O4/c1-11(15,7-12)5-4-8-6-9(13)2-3-10(8)14/h2-3,6,12,15H,4-5,7H2,1H3. The lowest BCUT2D eigenvalue weighted by Crippen LogP contribution is -2.29. The van der Waals surface area contributed by atoms with Crippen LogP contribution in [0.4, 0.5) is 0 Å². The summed E-state index contributed by atoms with van der Waals surface area (Å²) in [6.07, 6.45) is 4.27. The second-order valence-corrected chi connectivity index (χ2v) is 3.92. The summed E-state index contributed by atoms with van der Waals surface area (Å²) in [4.78, 5) is 22.3. The lowest BCUT2D eigenvalue weighted by molar-refractivity contribution is -0.114. The van der Waals surface area contributed by atoms with Crippen LogP contribution in [0.3, 0.4) is 0 Å². The van der Waals surface area contributed by atoms with Gasteiger partial charge in [-0.1, -0.05) is 0 Å². The molecule has 0 aromatic heterocycles. The van der Waals surface area contributed by atoms with E-state index in [1.54, 1.807) is 0 Å². The van der Waals surface area contributed by atoms with Gasteiger partial charge in [-0.25, -0.2) is 0 Å². The third kappa shape index (κ3) is 3.42. The first-order chi connectivity index (χ1) is 6.94. The summed E-state index contributed by atoms with van der Waals surface area (Å²) in [5.74, 6) is -0.420. The van der Waals surface area contributed by atoms with E-state index >= 15 is 0 Å². The summed E-state index contributed by atoms with van der Waals surface area (Å²) in [5.41, 5.74) is -0.818. The second-order valence-electron chi connectivity index (χ2n) is 3.92. The largest absolute Gasteiger partial charge is 0.393 e. The zero-order valence-electron chi connectivity index (χ0n) is 8.56. The van der Waals surface area contributed by atoms with Crippen molar-refractivity contribution < 1.29 is 19.8 Å². The van der Waals surface area contributed by atoms with Crippen LogP contribution in [0.2, 0.25) is 0 Å². The topological polar surface area (TPSA) is 74.6 Å². The Morgan fingerprint density at radius 1 is 1.33 bits per heavy atom. The Kier molecular flexibility index (Phi) is 3.55. The summed E-state index contributed by atoms with van der Waals surface area (Å²) in [7, 11) is 0. The number of aliphatic hydroxyl groups excluding tert-OH is 1. The number of hydrogen-bond acceptors (Lipinski definition) is 4. The number of ketones is 2. The van der Waals surface area contributed by atoms with Crippen molar-refractivity contribution in [3.05, 3.63) is 23.8 Å². The highest BCUT2D eigenvalue weighted by Crippen LogP contribution is 2.18. The highest BCUT2D eigenvalue weighted by Gasteiger charge is 2.21. The Hall–Kier alpha value is -1.26. The van der Waals surface area contributed by atoms with Gasteiger partial charge in [0.05, 0.1) is 12.2 Å². The number of hydrogen-bond donors (Lipinski definition) is 2. The molecule has 1 unspecified atom stereocenters. The number of carbonyl (C=O) groups excluding carboxylic acids is 2. The molecule has 0 aliphatic heterocycles. The fourth-order valence-corrected chi connectivity index (χ4v) is 1.23. The SMILES string of the molecule is CC(O)(CO)CCC1=CC(=O)C=CC1=O. The number of rotatable bonds is 4. The highest BCUT2D eigenvalue weighted by atomic mass is 16.3. The van der Waals surface area contributed by atoms with Crippen molar-refractivity contribution in [3.8, 4) is 0 Å². The van der Waals surface area contributed by atoms with Crippen molar-refractivity contribution in [1.29, 1.82) is 0 Å². The molecule has 1 aliphatic carbocycles. The molecular weight excluding hydrogens is 196 g/mol. The smallest absolute Gasteiger partial charge is 0.182 e. The van der Waals surface area contributed by atoms with Crippen LogP contribution in [0, 0.1) is 0 Å². The molecule has 4 nitrogen and oxygen atoms in total. The summed E-state index contributed by atoms with van der Waals surface area (Å²) >= 11 is 0. The van der Waals surface area contributed by atoms with Crippen molar-refractivity contribution in [2.45, 2.75) is 25.4 Å². The maximum Gasteiger partial charge on any atom is 0.182 e. The molecule has 0 radical (unpaired) electrons. The second kappa shape index (κ2) is 4.51. The first kappa shape index (κ1) is 11.8. The Balaban J connectivity index is 2.59. The van der Waals surface area contributed by atoms with E-state index in [0.717, 1.165) is 0 Å². The molecule has 0 bridgehead atoms. The Morgan fingerprint density at radius 3 is 2.60 bits per heavy atom. The van der Waals surface area contributed by atoms with Gasteiger partial charge in [-0.3, -0.25) is 9.59 Å². The average molecular weight is 210 g/mol. The lowest BCUT2D eigenvalue weighted by Gasteiger charge is -2.20. The lowest BCUT2D eigenvalue weighted by atomic mass is 9.93. The van der Waals surface area contributed by atoms with Gasteiger partial charge in [-0.2, -0.15) is 0 Å². The zero-order chi connectivity index (χ0) is 11.5. The molecule has 0 spiro atoms. The summed E-state index contributed by atoms with van der Waals surface area (Å²) in [5, 5.41) is 18.3. The molecule has 0 saturated heterocycles. The molecule has 0 saturated carbocycles. The van der Waals surface area contributed by atoms with E-state index in [9.17, 15) is 14.7 Å². The highest BCUT2D eigenvalue weighted by molar-refractivity contribution is 6.17. The van der Waals surface area contributed by atoms with Crippen LogP contribution in [0.1, 0.15) is 19.8 Å². The minimum absolute atomic E-state index is 0.205. The molecule has 1 rings (SSSR count). The van der Waals surface area contributed by atoms with E-state index in [4.69, 9.17) is 5.11 Å². The van der Waals surface area contributed by atoms with Crippen molar-refractivity contribution in [2.24, 2.45) is 0 Å². The van der Waals surface area contributed by atoms with Gasteiger partial charge in [0.1, 0.15) is 0 Å². The first-order valence-electron chi connectivity index (χ1n) is 4.75. The van der Waals surface area contributed by atoms with Crippen LogP contribution in [-0.4, -0.2) is 34.0 Å². The molecule has 1 aliphatic rings. The molecule has 0 heterocycles. The molecule has 0 aromatic rings. The molecule has 0 fully saturated rings. The van der Waals surface area contributed by atoms with E-state index in [1.807, 2.05) is 0 Å². The molecule has 2 N–H and O–H groups in total. The molecule has 4 heteroatoms. The van der Waals surface area contributed by atoms with Crippen molar-refractivity contribution in [3.63, 3.8) is 0 Å². The summed E-state index contributed by atoms with van der Waals surface area (Å²) in [6, 6.07) is 0. The van der Waals surface area contributed by atoms with E-state index in [2.05, 4.69) is 0 Å². The predicted molar refractivity (Wildman–Crippen MR) is 54.2 cm³/mol. The van der Waals surface area contributed by atoms with Gasteiger partial charge in [0.2, 0.25) is 0 Å². The van der Waals surface area contributed by atoms with Gasteiger partial charge in [-0.15, -0.1) is 0 Å². The predicted octanol–water partition coefficient (Wildman–Crippen LogP) is 0.144. The number of aliphatic hydroxyl groups is 2. The Labute approximate surface area is 87.9 Å². The summed E-state index contributed by atoms with van der Waals surface area (Å²) in [6.45, 7) is 1.12. The molecule has 1 atom stereocenters. The van der Waals surface area contributed by atoms with Crippen LogP contribution in [0.15, 0.2) is 23.8 Å². The molecule has 0 amide bonds. The van der Waals surface area contributed by atoms with Crippen LogP contribution in [0.25, 0.3) is 0 Å². The van der Waals surface area contributed by atoms with E-state index in [1.165, 1.54) is 25.2 Å². The molecule has 0 aromatic carbocycles. The fourth-order valence-electron chi connectivity index (χ4n) is 1.23. The maximum absolute atomic E-state index is 11.3.